The van der Waals surface area contributed by atoms with E-state index in [1.165, 1.54) is 81.9 Å². The zero-order valence-corrected chi connectivity index (χ0v) is 32.9. The Morgan fingerprint density at radius 3 is 2.58 bits per heavy atom. The lowest BCUT2D eigenvalue weighted by molar-refractivity contribution is 0.0523. The van der Waals surface area contributed by atoms with Gasteiger partial charge in [-0.05, 0) is 128 Å². The van der Waals surface area contributed by atoms with Crippen LogP contribution in [0.1, 0.15) is 87.7 Å². The largest absolute Gasteiger partial charge is 0.370 e. The number of rotatable bonds is 5. The summed E-state index contributed by atoms with van der Waals surface area (Å²) in [5.41, 5.74) is 15.7. The van der Waals surface area contributed by atoms with Crippen LogP contribution in [-0.2, 0) is 4.74 Å². The predicted octanol–water partition coefficient (Wildman–Crippen LogP) is 11.8. The lowest BCUT2D eigenvalue weighted by Gasteiger charge is -2.38. The molecule has 0 N–H and O–H groups in total. The van der Waals surface area contributed by atoms with Gasteiger partial charge in [0.1, 0.15) is 0 Å². The van der Waals surface area contributed by atoms with Crippen LogP contribution in [-0.4, -0.2) is 35.4 Å². The van der Waals surface area contributed by atoms with Crippen molar-refractivity contribution in [1.29, 1.82) is 0 Å². The third kappa shape index (κ3) is 5.69. The van der Waals surface area contributed by atoms with Crippen molar-refractivity contribution in [2.45, 2.75) is 101 Å². The summed E-state index contributed by atoms with van der Waals surface area (Å²) in [6.45, 7) is 0. The molecule has 9 unspecified atom stereocenters. The minimum Gasteiger partial charge on any atom is -0.370 e. The Hall–Kier alpha value is -4.93. The van der Waals surface area contributed by atoms with Crippen LogP contribution in [0.25, 0.3) is 5.57 Å². The van der Waals surface area contributed by atoms with E-state index in [0.29, 0.717) is 41.7 Å². The first kappa shape index (κ1) is 34.1. The molecule has 9 atom stereocenters. The highest BCUT2D eigenvalue weighted by Gasteiger charge is 2.48. The Balaban J connectivity index is 0.867. The number of fused-ring (bicyclic) bond motifs is 8. The van der Waals surface area contributed by atoms with Gasteiger partial charge in [0.15, 0.2) is 0 Å². The van der Waals surface area contributed by atoms with Crippen LogP contribution >= 0.6 is 0 Å². The second kappa shape index (κ2) is 13.9. The van der Waals surface area contributed by atoms with Crippen LogP contribution in [0.2, 0.25) is 0 Å². The summed E-state index contributed by atoms with van der Waals surface area (Å²) >= 11 is 0. The van der Waals surface area contributed by atoms with Crippen LogP contribution in [0, 0.1) is 23.7 Å². The molecule has 11 aliphatic rings. The normalized spacial score (nSPS) is 35.4. The summed E-state index contributed by atoms with van der Waals surface area (Å²) in [6.07, 6.45) is 58.6. The van der Waals surface area contributed by atoms with E-state index in [1.54, 1.807) is 5.70 Å². The van der Waals surface area contributed by atoms with Gasteiger partial charge < -0.3 is 14.5 Å². The lowest BCUT2D eigenvalue weighted by atomic mass is 9.78. The molecule has 0 bridgehead atoms. The number of nitrogens with zero attached hydrogens (tertiary/aromatic N) is 3. The van der Waals surface area contributed by atoms with Crippen molar-refractivity contribution in [3.05, 3.63) is 178 Å². The highest BCUT2D eigenvalue weighted by Crippen LogP contribution is 2.53. The molecule has 0 spiro atoms. The first-order chi connectivity index (χ1) is 28.2. The van der Waals surface area contributed by atoms with Crippen LogP contribution in [0.5, 0.6) is 0 Å². The number of anilines is 1. The quantitative estimate of drug-likeness (QED) is 0.300. The van der Waals surface area contributed by atoms with E-state index in [4.69, 9.17) is 9.73 Å². The monoisotopic (exact) mass is 747 g/mol. The van der Waals surface area contributed by atoms with Crippen molar-refractivity contribution < 1.29 is 4.74 Å². The molecule has 4 heteroatoms. The molecule has 4 nitrogen and oxygen atoms in total. The summed E-state index contributed by atoms with van der Waals surface area (Å²) in [7, 11) is 0. The summed E-state index contributed by atoms with van der Waals surface area (Å²) in [5, 5.41) is 0. The van der Waals surface area contributed by atoms with Crippen molar-refractivity contribution in [3.63, 3.8) is 0 Å². The summed E-state index contributed by atoms with van der Waals surface area (Å²) in [6, 6.07) is 8.00. The molecule has 57 heavy (non-hydrogen) atoms. The Bertz CT molecular complexity index is 2340. The molecular weight excluding hydrogens is 695 g/mol. The molecule has 0 saturated carbocycles. The fourth-order valence-electron chi connectivity index (χ4n) is 12.2. The van der Waals surface area contributed by atoms with Gasteiger partial charge in [0.05, 0.1) is 24.3 Å². The summed E-state index contributed by atoms with van der Waals surface area (Å²) in [4.78, 5) is 10.4. The van der Waals surface area contributed by atoms with Crippen molar-refractivity contribution in [3.8, 4) is 0 Å². The highest BCUT2D eigenvalue weighted by molar-refractivity contribution is 5.81. The number of ether oxygens (including phenoxy) is 1. The maximum Gasteiger partial charge on any atom is 0.0829 e. The minimum atomic E-state index is 0.241. The molecule has 0 amide bonds. The number of hydrogen-bond acceptors (Lipinski definition) is 4. The van der Waals surface area contributed by atoms with E-state index in [9.17, 15) is 0 Å². The maximum absolute atomic E-state index is 6.55. The van der Waals surface area contributed by atoms with E-state index in [1.807, 2.05) is 0 Å². The van der Waals surface area contributed by atoms with E-state index >= 15 is 0 Å². The molecule has 1 aromatic rings. The summed E-state index contributed by atoms with van der Waals surface area (Å²) in [5.74, 6) is 2.04. The number of benzene rings is 1. The van der Waals surface area contributed by atoms with Gasteiger partial charge in [-0.25, -0.2) is 0 Å². The molecule has 1 fully saturated rings. The standard InChI is InChI=1S/C53H53N3O/c1-2-12-34(13-3-1)37-28-38(47-17-10-11-27-54-47)30-40(29-37)56-49-19-8-5-15-42(49)45-32-36(22-25-51(45)56)35-21-24-50-44(31-35)41-14-4-7-18-48(41)55(50)39-23-26-53-46(33-39)43-16-6-9-20-52(43)57-53/h4-6,8-9,12,14-17,19-25,27-29,31-32,38,42-44,46,49-50,52-53H,1-3,7,10-11,13,18,26,30,33H2. The van der Waals surface area contributed by atoms with Crippen LogP contribution in [0.4, 0.5) is 5.69 Å². The maximum atomic E-state index is 6.55. The molecule has 286 valence electrons. The summed E-state index contributed by atoms with van der Waals surface area (Å²) < 4.78 is 6.55. The van der Waals surface area contributed by atoms with Gasteiger partial charge in [-0.2, -0.15) is 0 Å². The van der Waals surface area contributed by atoms with E-state index in [0.717, 1.165) is 44.9 Å². The molecule has 1 saturated heterocycles. The number of hydrogen-bond donors (Lipinski definition) is 0. The zero-order valence-electron chi connectivity index (χ0n) is 32.9. The van der Waals surface area contributed by atoms with Gasteiger partial charge in [0, 0.05) is 58.4 Å². The molecule has 4 aliphatic heterocycles. The minimum absolute atomic E-state index is 0.241. The van der Waals surface area contributed by atoms with Gasteiger partial charge in [-0.15, -0.1) is 0 Å². The van der Waals surface area contributed by atoms with E-state index in [-0.39, 0.29) is 12.1 Å². The smallest absolute Gasteiger partial charge is 0.0829 e. The zero-order chi connectivity index (χ0) is 37.5. The van der Waals surface area contributed by atoms with E-state index < -0.39 is 0 Å². The first-order valence-corrected chi connectivity index (χ1v) is 22.2. The van der Waals surface area contributed by atoms with Gasteiger partial charge in [-0.3, -0.25) is 4.99 Å². The Morgan fingerprint density at radius 2 is 1.65 bits per heavy atom. The lowest BCUT2D eigenvalue weighted by Crippen LogP contribution is -2.36. The molecule has 7 aliphatic carbocycles. The molecular formula is C53H53N3O. The van der Waals surface area contributed by atoms with Gasteiger partial charge in [-0.1, -0.05) is 109 Å². The van der Waals surface area contributed by atoms with Gasteiger partial charge in [0.2, 0.25) is 0 Å². The van der Waals surface area contributed by atoms with Crippen LogP contribution < -0.4 is 4.90 Å². The van der Waals surface area contributed by atoms with Crippen molar-refractivity contribution in [2.24, 2.45) is 28.7 Å². The van der Waals surface area contributed by atoms with Crippen molar-refractivity contribution in [1.82, 2.24) is 4.90 Å². The number of aliphatic imine (C=N–C) groups is 1. The fourth-order valence-corrected chi connectivity index (χ4v) is 12.2. The molecule has 12 rings (SSSR count). The fraction of sp³-hybridized carbons (Fsp3) is 0.377. The average Bonchev–Trinajstić information content (AvgIpc) is 3.94. The first-order valence-electron chi connectivity index (χ1n) is 22.2. The molecule has 0 aromatic heterocycles. The van der Waals surface area contributed by atoms with Crippen LogP contribution in [0.3, 0.4) is 0 Å². The third-order valence-electron chi connectivity index (χ3n) is 14.9. The Kier molecular flexibility index (Phi) is 8.31. The van der Waals surface area contributed by atoms with Gasteiger partial charge >= 0.3 is 0 Å². The SMILES string of the molecule is C1=CC2OC3CC=C(N4C5=C(C=CCC5)C5C=C(c6ccc7c(c6)C6C=CC=CC6N7C6=CC(C7=CCCCC7)=CC(C7=CCCC=N7)C6)C=CC54)CC3C2C=C1. The molecule has 0 radical (unpaired) electrons. The topological polar surface area (TPSA) is 28.1 Å². The second-order valence-electron chi connectivity index (χ2n) is 18.0. The third-order valence-corrected chi connectivity index (χ3v) is 14.9. The van der Waals surface area contributed by atoms with E-state index in [2.05, 4.69) is 144 Å². The average molecular weight is 748 g/mol. The van der Waals surface area contributed by atoms with Gasteiger partial charge in [0.25, 0.3) is 0 Å². The number of allylic oxidation sites excluding steroid dienone is 17. The predicted molar refractivity (Wildman–Crippen MR) is 233 cm³/mol. The Labute approximate surface area is 338 Å². The van der Waals surface area contributed by atoms with Crippen LogP contribution in [0.15, 0.2) is 172 Å². The van der Waals surface area contributed by atoms with Crippen molar-refractivity contribution in [2.75, 3.05) is 4.90 Å². The Morgan fingerprint density at radius 1 is 0.719 bits per heavy atom. The molecule has 1 aromatic carbocycles. The highest BCUT2D eigenvalue weighted by atomic mass is 16.5. The second-order valence-corrected chi connectivity index (χ2v) is 18.0. The van der Waals surface area contributed by atoms with Crippen molar-refractivity contribution >= 4 is 17.5 Å². The molecule has 4 heterocycles.